The Labute approximate surface area is 194 Å². The molecule has 4 heterocycles. The molecule has 1 amide bonds. The Balaban J connectivity index is 1.33. The highest BCUT2D eigenvalue weighted by molar-refractivity contribution is 7.93. The molecule has 2 aliphatic rings. The summed E-state index contributed by atoms with van der Waals surface area (Å²) in [6, 6.07) is 9.64. The van der Waals surface area contributed by atoms with Gasteiger partial charge in [0, 0.05) is 72.7 Å². The minimum absolute atomic E-state index is 0.149. The van der Waals surface area contributed by atoms with E-state index in [-0.39, 0.29) is 5.91 Å². The van der Waals surface area contributed by atoms with Gasteiger partial charge in [-0.05, 0) is 24.3 Å². The van der Waals surface area contributed by atoms with Crippen molar-refractivity contribution >= 4 is 40.9 Å². The van der Waals surface area contributed by atoms with E-state index >= 15 is 0 Å². The third-order valence-corrected chi connectivity index (χ3v) is 7.18. The summed E-state index contributed by atoms with van der Waals surface area (Å²) in [4.78, 5) is 28.1. The molecule has 3 aromatic rings. The molecule has 2 aliphatic heterocycles. The number of amides is 1. The van der Waals surface area contributed by atoms with Gasteiger partial charge in [0.2, 0.25) is 11.9 Å². The van der Waals surface area contributed by atoms with Crippen LogP contribution in [-0.2, 0) is 17.9 Å². The number of nitrogens with one attached hydrogen (secondary N) is 1. The zero-order valence-electron chi connectivity index (χ0n) is 17.6. The maximum Gasteiger partial charge on any atom is 0.227 e. The Hall–Kier alpha value is -2.66. The van der Waals surface area contributed by atoms with Gasteiger partial charge in [-0.2, -0.15) is 0 Å². The van der Waals surface area contributed by atoms with Crippen LogP contribution in [0.25, 0.3) is 11.3 Å². The summed E-state index contributed by atoms with van der Waals surface area (Å²) in [5, 5.41) is 3.21. The van der Waals surface area contributed by atoms with Crippen LogP contribution < -0.4 is 10.1 Å². The number of fused-ring (bicyclic) bond motifs is 3. The summed E-state index contributed by atoms with van der Waals surface area (Å²) in [7, 11) is 0. The number of rotatable bonds is 5. The van der Waals surface area contributed by atoms with Gasteiger partial charge < -0.3 is 19.5 Å². The third-order valence-electron chi connectivity index (χ3n) is 5.62. The number of thiophene rings is 1. The van der Waals surface area contributed by atoms with Crippen molar-refractivity contribution in [2.24, 2.45) is 0 Å². The van der Waals surface area contributed by atoms with Crippen LogP contribution >= 0.6 is 23.4 Å². The second-order valence-corrected chi connectivity index (χ2v) is 9.65. The maximum atomic E-state index is 11.6. The highest BCUT2D eigenvalue weighted by atomic mass is 32.2. The average Bonchev–Trinajstić information content (AvgIpc) is 3.22. The van der Waals surface area contributed by atoms with Gasteiger partial charge in [0.1, 0.15) is 12.3 Å². The van der Waals surface area contributed by atoms with Crippen molar-refractivity contribution < 1.29 is 14.1 Å². The van der Waals surface area contributed by atoms with Crippen molar-refractivity contribution in [1.82, 2.24) is 19.8 Å². The highest BCUT2D eigenvalue weighted by Crippen LogP contribution is 2.41. The Morgan fingerprint density at radius 3 is 2.91 bits per heavy atom. The normalized spacial score (nSPS) is 15.6. The summed E-state index contributed by atoms with van der Waals surface area (Å²) in [6.07, 6.45) is 1.70. The van der Waals surface area contributed by atoms with Crippen molar-refractivity contribution in [3.8, 4) is 17.0 Å². The van der Waals surface area contributed by atoms with Crippen molar-refractivity contribution in [3.63, 3.8) is 0 Å². The van der Waals surface area contributed by atoms with E-state index in [1.54, 1.807) is 24.5 Å². The number of anilines is 2. The topological polar surface area (TPSA) is 90.8 Å². The lowest BCUT2D eigenvalue weighted by molar-refractivity contribution is -0.130. The minimum Gasteiger partial charge on any atom is -0.484 e. The number of ether oxygens (including phenoxy) is 1. The average molecular weight is 470 g/mol. The molecule has 5 rings (SSSR count). The number of benzene rings is 1. The van der Waals surface area contributed by atoms with Gasteiger partial charge in [0.25, 0.3) is 0 Å². The number of aromatic nitrogens is 2. The first-order valence-electron chi connectivity index (χ1n) is 10.4. The Kier molecular flexibility index (Phi) is 6.01. The summed E-state index contributed by atoms with van der Waals surface area (Å²) in [5.74, 6) is 1.31. The van der Waals surface area contributed by atoms with E-state index in [0.29, 0.717) is 30.3 Å². The second-order valence-electron chi connectivity index (χ2n) is 7.77. The molecule has 2 aromatic heterocycles. The lowest BCUT2D eigenvalue weighted by atomic mass is 10.1. The second kappa shape index (κ2) is 9.07. The smallest absolute Gasteiger partial charge is 0.227 e. The number of nitrogens with zero attached hydrogens (tertiary/aromatic N) is 4. The zero-order valence-corrected chi connectivity index (χ0v) is 19.2. The number of hydrogen-bond acceptors (Lipinski definition) is 9. The first kappa shape index (κ1) is 21.2. The largest absolute Gasteiger partial charge is 0.484 e. The molecule has 0 aliphatic carbocycles. The van der Waals surface area contributed by atoms with Gasteiger partial charge in [0.15, 0.2) is 5.75 Å². The predicted octanol–water partition coefficient (Wildman–Crippen LogP) is 4.07. The van der Waals surface area contributed by atoms with Gasteiger partial charge in [-0.1, -0.05) is 6.07 Å². The van der Waals surface area contributed by atoms with Gasteiger partial charge in [-0.25, -0.2) is 9.97 Å². The van der Waals surface area contributed by atoms with Crippen LogP contribution in [0.2, 0.25) is 0 Å². The number of piperazine rings is 1. The minimum atomic E-state index is 0.149. The van der Waals surface area contributed by atoms with Crippen molar-refractivity contribution in [2.45, 2.75) is 25.0 Å². The van der Waals surface area contributed by atoms with Crippen LogP contribution in [0.5, 0.6) is 5.75 Å². The van der Waals surface area contributed by atoms with Crippen molar-refractivity contribution in [3.05, 3.63) is 46.3 Å². The first-order valence-corrected chi connectivity index (χ1v) is 12.0. The molecule has 0 unspecified atom stereocenters. The van der Waals surface area contributed by atoms with E-state index in [9.17, 15) is 9.35 Å². The predicted molar refractivity (Wildman–Crippen MR) is 125 cm³/mol. The van der Waals surface area contributed by atoms with Crippen LogP contribution in [0, 0.1) is 0 Å². The van der Waals surface area contributed by atoms with E-state index in [4.69, 9.17) is 9.72 Å². The van der Waals surface area contributed by atoms with E-state index in [2.05, 4.69) is 21.3 Å². The zero-order chi connectivity index (χ0) is 22.1. The van der Waals surface area contributed by atoms with Crippen LogP contribution in [0.15, 0.2) is 41.4 Å². The molecule has 0 radical (unpaired) electrons. The molecule has 1 fully saturated rings. The number of carbonyl (C=O) groups excluding carboxylic acids is 1. The molecule has 166 valence electrons. The number of hydrogen-bond donors (Lipinski definition) is 2. The van der Waals surface area contributed by atoms with Gasteiger partial charge in [0.05, 0.1) is 11.1 Å². The van der Waals surface area contributed by atoms with E-state index in [0.717, 1.165) is 59.4 Å². The van der Waals surface area contributed by atoms with Gasteiger partial charge in [-0.15, -0.1) is 11.3 Å². The molecule has 0 bridgehead atoms. The van der Waals surface area contributed by atoms with Gasteiger partial charge in [-0.3, -0.25) is 9.69 Å². The van der Waals surface area contributed by atoms with Crippen LogP contribution in [0.1, 0.15) is 16.7 Å². The molecule has 0 spiro atoms. The summed E-state index contributed by atoms with van der Waals surface area (Å²) < 4.78 is 15.2. The Morgan fingerprint density at radius 1 is 1.28 bits per heavy atom. The fourth-order valence-electron chi connectivity index (χ4n) is 3.94. The van der Waals surface area contributed by atoms with Crippen molar-refractivity contribution in [2.75, 3.05) is 31.5 Å². The van der Waals surface area contributed by atoms with Crippen molar-refractivity contribution in [1.29, 1.82) is 0 Å². The number of carbonyl (C=O) groups is 1. The standard InChI is InChI=1S/C22H23N5O3S2/c1-14(28)27-7-5-26(6-8-27)12-17-10-18-20(31-17)13-30-19-11-23-22(25-21(18)19)24-15-3-2-4-16(9-15)32-29/h2-4,9-11,29H,5-8,12-13H2,1H3,(H,23,24,25). The lowest BCUT2D eigenvalue weighted by Gasteiger charge is -2.33. The fourth-order valence-corrected chi connectivity index (χ4v) is 5.39. The molecule has 1 aromatic carbocycles. The Morgan fingerprint density at radius 2 is 2.12 bits per heavy atom. The first-order chi connectivity index (χ1) is 15.6. The molecule has 32 heavy (non-hydrogen) atoms. The molecule has 10 heteroatoms. The molecule has 0 saturated carbocycles. The van der Waals surface area contributed by atoms with Crippen LogP contribution in [0.3, 0.4) is 0 Å². The van der Waals surface area contributed by atoms with Crippen LogP contribution in [-0.4, -0.2) is 56.4 Å². The van der Waals surface area contributed by atoms with Crippen LogP contribution in [0.4, 0.5) is 11.6 Å². The molecule has 8 nitrogen and oxygen atoms in total. The monoisotopic (exact) mass is 469 g/mol. The molecule has 2 N–H and O–H groups in total. The molecule has 0 atom stereocenters. The summed E-state index contributed by atoms with van der Waals surface area (Å²) in [6.45, 7) is 6.35. The van der Waals surface area contributed by atoms with E-state index in [1.807, 2.05) is 29.2 Å². The molecule has 1 saturated heterocycles. The fraction of sp³-hybridized carbons (Fsp3) is 0.318. The third kappa shape index (κ3) is 4.44. The molecular weight excluding hydrogens is 446 g/mol. The van der Waals surface area contributed by atoms with E-state index < -0.39 is 0 Å². The highest BCUT2D eigenvalue weighted by Gasteiger charge is 2.25. The summed E-state index contributed by atoms with van der Waals surface area (Å²) in [5.41, 5.74) is 2.69. The SMILES string of the molecule is CC(=O)N1CCN(Cc2cc3c(s2)COc2cnc(Nc4cccc(SO)c4)nc2-3)CC1. The molecular formula is C22H23N5O3S2. The van der Waals surface area contributed by atoms with E-state index in [1.165, 1.54) is 4.88 Å². The van der Waals surface area contributed by atoms with Gasteiger partial charge >= 0.3 is 0 Å². The quantitative estimate of drug-likeness (QED) is 0.541. The lowest BCUT2D eigenvalue weighted by Crippen LogP contribution is -2.47. The Bertz CT molecular complexity index is 1140. The maximum absolute atomic E-state index is 11.6. The summed E-state index contributed by atoms with van der Waals surface area (Å²) >= 11 is 2.46.